The minimum atomic E-state index is -1.14. The molecule has 9 heteroatoms. The number of amides is 2. The van der Waals surface area contributed by atoms with Crippen LogP contribution in [0.3, 0.4) is 0 Å². The predicted molar refractivity (Wildman–Crippen MR) is 94.8 cm³/mol. The van der Waals surface area contributed by atoms with Crippen LogP contribution in [0.2, 0.25) is 5.02 Å². The molecule has 1 aliphatic carbocycles. The number of aryl methyl sites for hydroxylation is 2. The van der Waals surface area contributed by atoms with Crippen LogP contribution in [0.4, 0.5) is 14.9 Å². The molecular formula is C16H14BrClFN3O3. The Morgan fingerprint density at radius 1 is 1.48 bits per heavy atom. The van der Waals surface area contributed by atoms with Crippen LogP contribution < -0.4 is 9.24 Å². The number of benzene rings is 1. The van der Waals surface area contributed by atoms with E-state index in [2.05, 4.69) is 21.5 Å². The Balaban J connectivity index is 1.97. The maximum Gasteiger partial charge on any atom is 0.405 e. The van der Waals surface area contributed by atoms with E-state index in [-0.39, 0.29) is 5.02 Å². The van der Waals surface area contributed by atoms with Gasteiger partial charge in [0, 0.05) is 18.8 Å². The molecule has 3 rings (SSSR count). The lowest BCUT2D eigenvalue weighted by atomic mass is 10.1. The van der Waals surface area contributed by atoms with Crippen LogP contribution in [0.15, 0.2) is 24.4 Å². The fourth-order valence-corrected chi connectivity index (χ4v) is 3.68. The van der Waals surface area contributed by atoms with E-state index in [4.69, 9.17) is 16.7 Å². The van der Waals surface area contributed by atoms with Crippen LogP contribution in [-0.2, 0) is 13.5 Å². The van der Waals surface area contributed by atoms with E-state index < -0.39 is 23.9 Å². The number of nitrogens with zero attached hydrogens (tertiary/aromatic N) is 2. The molecule has 1 unspecified atom stereocenters. The average Bonchev–Trinajstić information content (AvgIpc) is 3.07. The van der Waals surface area contributed by atoms with E-state index in [1.807, 2.05) is 6.20 Å². The number of halogens is 3. The summed E-state index contributed by atoms with van der Waals surface area (Å²) in [4.78, 5) is 24.0. The molecule has 0 radical (unpaired) electrons. The zero-order valence-electron chi connectivity index (χ0n) is 13.1. The maximum atomic E-state index is 13.3. The number of aromatic nitrogens is 1. The Hall–Kier alpha value is -2.06. The van der Waals surface area contributed by atoms with Gasteiger partial charge in [0.1, 0.15) is 11.5 Å². The van der Waals surface area contributed by atoms with Crippen molar-refractivity contribution in [2.75, 3.05) is 3.93 Å². The number of hydrogen-bond donors (Lipinski definition) is 2. The third kappa shape index (κ3) is 3.23. The molecule has 2 amide bonds. The molecule has 0 saturated carbocycles. The van der Waals surface area contributed by atoms with Crippen LogP contribution in [0.1, 0.15) is 34.1 Å². The van der Waals surface area contributed by atoms with E-state index in [1.165, 1.54) is 22.1 Å². The van der Waals surface area contributed by atoms with Crippen molar-refractivity contribution < 1.29 is 19.1 Å². The fourth-order valence-electron chi connectivity index (χ4n) is 3.12. The van der Waals surface area contributed by atoms with Gasteiger partial charge in [0.25, 0.3) is 5.91 Å². The number of carboxylic acid groups (broad SMARTS) is 1. The molecule has 2 aromatic rings. The van der Waals surface area contributed by atoms with Gasteiger partial charge in [-0.05, 0) is 36.6 Å². The molecule has 132 valence electrons. The first-order valence-electron chi connectivity index (χ1n) is 7.42. The molecule has 1 atom stereocenters. The molecule has 1 aliphatic rings. The van der Waals surface area contributed by atoms with Crippen molar-refractivity contribution in [3.63, 3.8) is 0 Å². The zero-order chi connectivity index (χ0) is 18.3. The van der Waals surface area contributed by atoms with Crippen LogP contribution >= 0.6 is 27.7 Å². The molecule has 0 saturated heterocycles. The standard InChI is InChI=1S/C16H14BrClFN3O3/c1-21-7-8-2-5-12(20-16(24)25)13(8)14(21)15(23)22(17)9-3-4-11(19)10(18)6-9/h3-4,6-7,12,20H,2,5H2,1H3,(H,24,25). The summed E-state index contributed by atoms with van der Waals surface area (Å²) in [7, 11) is 1.72. The molecule has 0 aliphatic heterocycles. The van der Waals surface area contributed by atoms with Crippen molar-refractivity contribution in [3.05, 3.63) is 52.1 Å². The molecule has 2 N–H and O–H groups in total. The number of nitrogens with one attached hydrogen (secondary N) is 1. The monoisotopic (exact) mass is 429 g/mol. The zero-order valence-corrected chi connectivity index (χ0v) is 15.4. The van der Waals surface area contributed by atoms with Gasteiger partial charge < -0.3 is 15.0 Å². The molecule has 6 nitrogen and oxygen atoms in total. The van der Waals surface area contributed by atoms with Crippen LogP contribution in [0, 0.1) is 5.82 Å². The lowest BCUT2D eigenvalue weighted by Gasteiger charge is -2.19. The van der Waals surface area contributed by atoms with Gasteiger partial charge in [0.15, 0.2) is 0 Å². The van der Waals surface area contributed by atoms with Gasteiger partial charge in [-0.25, -0.2) is 13.1 Å². The lowest BCUT2D eigenvalue weighted by Crippen LogP contribution is -2.29. The highest BCUT2D eigenvalue weighted by atomic mass is 79.9. The van der Waals surface area contributed by atoms with E-state index >= 15 is 0 Å². The second-order valence-electron chi connectivity index (χ2n) is 5.75. The topological polar surface area (TPSA) is 74.6 Å². The highest BCUT2D eigenvalue weighted by Gasteiger charge is 2.34. The molecule has 25 heavy (non-hydrogen) atoms. The Morgan fingerprint density at radius 3 is 2.84 bits per heavy atom. The highest BCUT2D eigenvalue weighted by Crippen LogP contribution is 2.37. The normalized spacial score (nSPS) is 15.8. The fraction of sp³-hybridized carbons (Fsp3) is 0.250. The quantitative estimate of drug-likeness (QED) is 0.722. The number of carbonyl (C=O) groups is 2. The molecule has 0 bridgehead atoms. The summed E-state index contributed by atoms with van der Waals surface area (Å²) in [5.41, 5.74) is 2.34. The Labute approximate surface area is 156 Å². The van der Waals surface area contributed by atoms with Crippen LogP contribution in [0.5, 0.6) is 0 Å². The van der Waals surface area contributed by atoms with Gasteiger partial charge in [0.2, 0.25) is 0 Å². The lowest BCUT2D eigenvalue weighted by molar-refractivity contribution is 0.0999. The average molecular weight is 431 g/mol. The maximum absolute atomic E-state index is 13.3. The summed E-state index contributed by atoms with van der Waals surface area (Å²) < 4.78 is 16.2. The summed E-state index contributed by atoms with van der Waals surface area (Å²) in [6.07, 6.45) is 1.97. The summed E-state index contributed by atoms with van der Waals surface area (Å²) in [5, 5.41) is 11.4. The number of anilines is 1. The first-order chi connectivity index (χ1) is 11.8. The van der Waals surface area contributed by atoms with E-state index in [0.717, 1.165) is 5.56 Å². The number of hydrogen-bond acceptors (Lipinski definition) is 2. The van der Waals surface area contributed by atoms with E-state index in [9.17, 15) is 14.0 Å². The Bertz CT molecular complexity index is 871. The third-order valence-corrected chi connectivity index (χ3v) is 5.18. The van der Waals surface area contributed by atoms with E-state index in [1.54, 1.807) is 11.6 Å². The summed E-state index contributed by atoms with van der Waals surface area (Å²) >= 11 is 8.98. The van der Waals surface area contributed by atoms with Gasteiger partial charge in [-0.2, -0.15) is 0 Å². The molecule has 1 aromatic carbocycles. The predicted octanol–water partition coefficient (Wildman–Crippen LogP) is 4.03. The largest absolute Gasteiger partial charge is 0.465 e. The summed E-state index contributed by atoms with van der Waals surface area (Å²) in [5.74, 6) is -0.977. The molecule has 0 spiro atoms. The Morgan fingerprint density at radius 2 is 2.20 bits per heavy atom. The van der Waals surface area contributed by atoms with Crippen molar-refractivity contribution in [2.45, 2.75) is 18.9 Å². The summed E-state index contributed by atoms with van der Waals surface area (Å²) in [6, 6.07) is 3.48. The SMILES string of the molecule is Cn1cc2c(c1C(=O)N(Br)c1ccc(F)c(Cl)c1)C(NC(=O)O)CC2. The van der Waals surface area contributed by atoms with Gasteiger partial charge in [-0.15, -0.1) is 0 Å². The minimum absolute atomic E-state index is 0.0997. The first-order valence-corrected chi connectivity index (χ1v) is 8.51. The summed E-state index contributed by atoms with van der Waals surface area (Å²) in [6.45, 7) is 0. The molecule has 1 aromatic heterocycles. The Kier molecular flexibility index (Phi) is 4.75. The molecular weight excluding hydrogens is 417 g/mol. The first kappa shape index (κ1) is 17.8. The second kappa shape index (κ2) is 6.68. The highest BCUT2D eigenvalue weighted by molar-refractivity contribution is 9.10. The minimum Gasteiger partial charge on any atom is -0.465 e. The van der Waals surface area contributed by atoms with Crippen molar-refractivity contribution in [3.8, 4) is 0 Å². The van der Waals surface area contributed by atoms with Crippen molar-refractivity contribution in [2.24, 2.45) is 7.05 Å². The van der Waals surface area contributed by atoms with Gasteiger partial charge in [-0.3, -0.25) is 4.79 Å². The molecule has 0 fully saturated rings. The number of carbonyl (C=O) groups excluding carboxylic acids is 1. The van der Waals surface area contributed by atoms with Crippen LogP contribution in [0.25, 0.3) is 0 Å². The number of fused-ring (bicyclic) bond motifs is 1. The number of rotatable bonds is 3. The molecule has 1 heterocycles. The van der Waals surface area contributed by atoms with E-state index in [0.29, 0.717) is 29.8 Å². The van der Waals surface area contributed by atoms with Crippen molar-refractivity contribution in [1.82, 2.24) is 9.88 Å². The van der Waals surface area contributed by atoms with Crippen molar-refractivity contribution in [1.29, 1.82) is 0 Å². The van der Waals surface area contributed by atoms with Crippen LogP contribution in [-0.4, -0.2) is 21.7 Å². The van der Waals surface area contributed by atoms with Crippen molar-refractivity contribution >= 4 is 45.4 Å². The van der Waals surface area contributed by atoms with Gasteiger partial charge in [-0.1, -0.05) is 11.6 Å². The van der Waals surface area contributed by atoms with Gasteiger partial charge in [0.05, 0.1) is 32.9 Å². The smallest absolute Gasteiger partial charge is 0.405 e. The van der Waals surface area contributed by atoms with Gasteiger partial charge >= 0.3 is 6.09 Å². The third-order valence-electron chi connectivity index (χ3n) is 4.16. The second-order valence-corrected chi connectivity index (χ2v) is 6.87.